The predicted octanol–water partition coefficient (Wildman–Crippen LogP) is 1.59. The van der Waals surface area contributed by atoms with Gasteiger partial charge in [0.1, 0.15) is 0 Å². The molecule has 2 unspecified atom stereocenters. The minimum atomic E-state index is -0.330. The lowest BCUT2D eigenvalue weighted by Crippen LogP contribution is -2.60. The third-order valence-electron chi connectivity index (χ3n) is 3.78. The molecule has 0 aromatic heterocycles. The van der Waals surface area contributed by atoms with Crippen LogP contribution < -0.4 is 11.5 Å². The summed E-state index contributed by atoms with van der Waals surface area (Å²) >= 11 is 0. The van der Waals surface area contributed by atoms with Crippen molar-refractivity contribution in [1.82, 2.24) is 0 Å². The van der Waals surface area contributed by atoms with Gasteiger partial charge in [0, 0.05) is 0 Å². The van der Waals surface area contributed by atoms with Crippen molar-refractivity contribution >= 4 is 0 Å². The fourth-order valence-corrected chi connectivity index (χ4v) is 3.12. The van der Waals surface area contributed by atoms with Crippen molar-refractivity contribution in [2.24, 2.45) is 23.3 Å². The first-order chi connectivity index (χ1) is 5.70. The predicted molar refractivity (Wildman–Crippen MR) is 50.4 cm³/mol. The standard InChI is InChI=1S/C10H20N2/c11-10(12)7-3-5-8-4-1-2-6-9(8)10/h8-9H,1-7,11-12H2. The van der Waals surface area contributed by atoms with Gasteiger partial charge in [0.15, 0.2) is 0 Å². The number of nitrogens with two attached hydrogens (primary N) is 2. The molecule has 0 aromatic carbocycles. The summed E-state index contributed by atoms with van der Waals surface area (Å²) < 4.78 is 0. The van der Waals surface area contributed by atoms with Gasteiger partial charge >= 0.3 is 0 Å². The van der Waals surface area contributed by atoms with Crippen LogP contribution in [0.15, 0.2) is 0 Å². The Kier molecular flexibility index (Phi) is 2.13. The molecule has 2 atom stereocenters. The van der Waals surface area contributed by atoms with Crippen LogP contribution in [0.2, 0.25) is 0 Å². The smallest absolute Gasteiger partial charge is 0.0668 e. The maximum Gasteiger partial charge on any atom is 0.0668 e. The molecule has 2 rings (SSSR count). The first kappa shape index (κ1) is 8.52. The van der Waals surface area contributed by atoms with Crippen LogP contribution in [0, 0.1) is 11.8 Å². The van der Waals surface area contributed by atoms with E-state index in [0.29, 0.717) is 5.92 Å². The van der Waals surface area contributed by atoms with Crippen molar-refractivity contribution < 1.29 is 0 Å². The van der Waals surface area contributed by atoms with Gasteiger partial charge in [-0.25, -0.2) is 0 Å². The van der Waals surface area contributed by atoms with Crippen LogP contribution in [0.25, 0.3) is 0 Å². The zero-order chi connectivity index (χ0) is 8.60. The Hall–Kier alpha value is -0.0800. The average molecular weight is 168 g/mol. The van der Waals surface area contributed by atoms with E-state index in [2.05, 4.69) is 0 Å². The fraction of sp³-hybridized carbons (Fsp3) is 1.00. The van der Waals surface area contributed by atoms with E-state index in [9.17, 15) is 0 Å². The van der Waals surface area contributed by atoms with E-state index >= 15 is 0 Å². The summed E-state index contributed by atoms with van der Waals surface area (Å²) in [6.45, 7) is 0. The molecule has 12 heavy (non-hydrogen) atoms. The maximum atomic E-state index is 6.11. The molecular formula is C10H20N2. The molecule has 2 aliphatic rings. The third-order valence-corrected chi connectivity index (χ3v) is 3.78. The van der Waals surface area contributed by atoms with Crippen LogP contribution in [0.3, 0.4) is 0 Å². The monoisotopic (exact) mass is 168 g/mol. The molecule has 2 nitrogen and oxygen atoms in total. The molecule has 2 heteroatoms. The summed E-state index contributed by atoms with van der Waals surface area (Å²) in [5, 5.41) is 0. The molecular weight excluding hydrogens is 148 g/mol. The highest BCUT2D eigenvalue weighted by Gasteiger charge is 2.40. The van der Waals surface area contributed by atoms with Gasteiger partial charge in [-0.05, 0) is 37.5 Å². The Morgan fingerprint density at radius 2 is 1.58 bits per heavy atom. The molecule has 0 aromatic rings. The van der Waals surface area contributed by atoms with Crippen LogP contribution in [0.4, 0.5) is 0 Å². The van der Waals surface area contributed by atoms with E-state index in [1.807, 2.05) is 0 Å². The van der Waals surface area contributed by atoms with Gasteiger partial charge in [-0.1, -0.05) is 19.3 Å². The Labute approximate surface area is 74.7 Å². The molecule has 0 bridgehead atoms. The molecule has 0 amide bonds. The first-order valence-electron chi connectivity index (χ1n) is 5.28. The van der Waals surface area contributed by atoms with Crippen molar-refractivity contribution in [2.45, 2.75) is 50.6 Å². The quantitative estimate of drug-likeness (QED) is 0.540. The number of hydrogen-bond donors (Lipinski definition) is 2. The van der Waals surface area contributed by atoms with Gasteiger partial charge in [0.25, 0.3) is 0 Å². The molecule has 70 valence electrons. The normalized spacial score (nSPS) is 40.5. The van der Waals surface area contributed by atoms with Crippen LogP contribution in [-0.4, -0.2) is 5.66 Å². The maximum absolute atomic E-state index is 6.11. The van der Waals surface area contributed by atoms with Gasteiger partial charge in [-0.3, -0.25) is 0 Å². The molecule has 0 spiro atoms. The summed E-state index contributed by atoms with van der Waals surface area (Å²) in [5.41, 5.74) is 11.9. The first-order valence-corrected chi connectivity index (χ1v) is 5.28. The number of fused-ring (bicyclic) bond motifs is 1. The van der Waals surface area contributed by atoms with Gasteiger partial charge in [-0.2, -0.15) is 0 Å². The Morgan fingerprint density at radius 3 is 2.33 bits per heavy atom. The summed E-state index contributed by atoms with van der Waals surface area (Å²) in [7, 11) is 0. The van der Waals surface area contributed by atoms with Crippen LogP contribution >= 0.6 is 0 Å². The summed E-state index contributed by atoms with van der Waals surface area (Å²) in [5.74, 6) is 1.47. The summed E-state index contributed by atoms with van der Waals surface area (Å²) in [6.07, 6.45) is 9.05. The molecule has 0 radical (unpaired) electrons. The molecule has 0 aliphatic heterocycles. The Balaban J connectivity index is 2.09. The van der Waals surface area contributed by atoms with Crippen molar-refractivity contribution in [3.63, 3.8) is 0 Å². The summed E-state index contributed by atoms with van der Waals surface area (Å²) in [6, 6.07) is 0. The topological polar surface area (TPSA) is 52.0 Å². The van der Waals surface area contributed by atoms with Crippen LogP contribution in [-0.2, 0) is 0 Å². The SMILES string of the molecule is NC1(N)CCCC2CCCCC21. The zero-order valence-corrected chi connectivity index (χ0v) is 7.76. The summed E-state index contributed by atoms with van der Waals surface area (Å²) in [4.78, 5) is 0. The second-order valence-electron chi connectivity index (χ2n) is 4.66. The minimum absolute atomic E-state index is 0.330. The van der Waals surface area contributed by atoms with E-state index in [0.717, 1.165) is 12.3 Å². The van der Waals surface area contributed by atoms with Crippen molar-refractivity contribution in [3.05, 3.63) is 0 Å². The van der Waals surface area contributed by atoms with E-state index in [1.54, 1.807) is 0 Å². The van der Waals surface area contributed by atoms with Gasteiger partial charge in [-0.15, -0.1) is 0 Å². The number of hydrogen-bond acceptors (Lipinski definition) is 2. The lowest BCUT2D eigenvalue weighted by Gasteiger charge is -2.46. The second kappa shape index (κ2) is 3.00. The van der Waals surface area contributed by atoms with Gasteiger partial charge in [0.05, 0.1) is 5.66 Å². The van der Waals surface area contributed by atoms with Crippen LogP contribution in [0.5, 0.6) is 0 Å². The molecule has 2 fully saturated rings. The number of rotatable bonds is 0. The highest BCUT2D eigenvalue weighted by Crippen LogP contribution is 2.42. The van der Waals surface area contributed by atoms with Gasteiger partial charge < -0.3 is 11.5 Å². The molecule has 0 saturated heterocycles. The Bertz CT molecular complexity index is 163. The van der Waals surface area contributed by atoms with E-state index in [1.165, 1.54) is 38.5 Å². The minimum Gasteiger partial charge on any atom is -0.313 e. The highest BCUT2D eigenvalue weighted by molar-refractivity contribution is 4.95. The average Bonchev–Trinajstić information content (AvgIpc) is 2.04. The lowest BCUT2D eigenvalue weighted by atomic mass is 9.66. The Morgan fingerprint density at radius 1 is 0.917 bits per heavy atom. The van der Waals surface area contributed by atoms with Crippen molar-refractivity contribution in [2.75, 3.05) is 0 Å². The van der Waals surface area contributed by atoms with E-state index in [-0.39, 0.29) is 5.66 Å². The lowest BCUT2D eigenvalue weighted by molar-refractivity contribution is 0.0810. The van der Waals surface area contributed by atoms with Crippen LogP contribution in [0.1, 0.15) is 44.9 Å². The largest absolute Gasteiger partial charge is 0.313 e. The van der Waals surface area contributed by atoms with E-state index in [4.69, 9.17) is 11.5 Å². The molecule has 2 aliphatic carbocycles. The second-order valence-corrected chi connectivity index (χ2v) is 4.66. The van der Waals surface area contributed by atoms with Crippen molar-refractivity contribution in [1.29, 1.82) is 0 Å². The third kappa shape index (κ3) is 1.38. The fourth-order valence-electron chi connectivity index (χ4n) is 3.12. The van der Waals surface area contributed by atoms with E-state index < -0.39 is 0 Å². The van der Waals surface area contributed by atoms with Crippen molar-refractivity contribution in [3.8, 4) is 0 Å². The highest BCUT2D eigenvalue weighted by atomic mass is 15.0. The molecule has 4 N–H and O–H groups in total. The van der Waals surface area contributed by atoms with Gasteiger partial charge in [0.2, 0.25) is 0 Å². The zero-order valence-electron chi connectivity index (χ0n) is 7.76. The molecule has 0 heterocycles. The molecule has 2 saturated carbocycles.